The predicted octanol–water partition coefficient (Wildman–Crippen LogP) is 2.06. The Morgan fingerprint density at radius 3 is 2.69 bits per heavy atom. The summed E-state index contributed by atoms with van der Waals surface area (Å²) in [6, 6.07) is 4.82. The normalized spacial score (nSPS) is 10.5. The van der Waals surface area contributed by atoms with Crippen molar-refractivity contribution in [2.75, 3.05) is 14.2 Å². The van der Waals surface area contributed by atoms with Crippen LogP contribution in [0.5, 0.6) is 5.75 Å². The summed E-state index contributed by atoms with van der Waals surface area (Å²) in [5, 5.41) is 0. The molecular formula is C10H13FNO-. The van der Waals surface area contributed by atoms with Gasteiger partial charge < -0.3 is 9.64 Å². The van der Waals surface area contributed by atoms with Gasteiger partial charge in [-0.25, -0.2) is 4.39 Å². The van der Waals surface area contributed by atoms with Crippen molar-refractivity contribution in [2.24, 2.45) is 0 Å². The molecule has 0 aliphatic rings. The Morgan fingerprint density at radius 2 is 2.23 bits per heavy atom. The molecule has 2 nitrogen and oxygen atoms in total. The van der Waals surface area contributed by atoms with Gasteiger partial charge in [-0.1, -0.05) is 6.07 Å². The lowest BCUT2D eigenvalue weighted by atomic mass is 10.2. The first-order valence-electron chi connectivity index (χ1n) is 3.97. The summed E-state index contributed by atoms with van der Waals surface area (Å²) >= 11 is 0. The first-order chi connectivity index (χ1) is 6.13. The first kappa shape index (κ1) is 9.99. The topological polar surface area (TPSA) is 12.5 Å². The SMILES string of the molecule is [CH2-]N(C)Cc1ccc(OC)cc1F. The molecule has 0 atom stereocenters. The van der Waals surface area contributed by atoms with Gasteiger partial charge in [0.05, 0.1) is 7.11 Å². The van der Waals surface area contributed by atoms with Crippen molar-refractivity contribution < 1.29 is 9.13 Å². The number of ether oxygens (including phenoxy) is 1. The molecule has 0 saturated heterocycles. The maximum Gasteiger partial charge on any atom is 0.131 e. The minimum absolute atomic E-state index is 0.255. The molecular weight excluding hydrogens is 169 g/mol. The van der Waals surface area contributed by atoms with Crippen molar-refractivity contribution in [3.05, 3.63) is 36.6 Å². The highest BCUT2D eigenvalue weighted by Crippen LogP contribution is 2.16. The van der Waals surface area contributed by atoms with Gasteiger partial charge in [-0.2, -0.15) is 0 Å². The van der Waals surface area contributed by atoms with Crippen molar-refractivity contribution in [2.45, 2.75) is 6.54 Å². The Bertz CT molecular complexity index is 286. The Balaban J connectivity index is 2.85. The minimum Gasteiger partial charge on any atom is -0.497 e. The molecule has 0 heterocycles. The van der Waals surface area contributed by atoms with Crippen molar-refractivity contribution in [1.82, 2.24) is 4.90 Å². The molecule has 3 heteroatoms. The van der Waals surface area contributed by atoms with E-state index < -0.39 is 0 Å². The van der Waals surface area contributed by atoms with Gasteiger partial charge in [-0.05, 0) is 25.2 Å². The van der Waals surface area contributed by atoms with Crippen LogP contribution in [0.15, 0.2) is 18.2 Å². The van der Waals surface area contributed by atoms with Gasteiger partial charge in [0.2, 0.25) is 0 Å². The zero-order valence-corrected chi connectivity index (χ0v) is 7.88. The first-order valence-corrected chi connectivity index (χ1v) is 3.97. The monoisotopic (exact) mass is 182 g/mol. The van der Waals surface area contributed by atoms with Gasteiger partial charge in [-0.3, -0.25) is 7.05 Å². The van der Waals surface area contributed by atoms with Gasteiger partial charge >= 0.3 is 0 Å². The molecule has 1 aromatic carbocycles. The highest BCUT2D eigenvalue weighted by Gasteiger charge is 2.02. The molecule has 0 fully saturated rings. The lowest BCUT2D eigenvalue weighted by Crippen LogP contribution is -2.09. The summed E-state index contributed by atoms with van der Waals surface area (Å²) in [5.74, 6) is 0.280. The van der Waals surface area contributed by atoms with Crippen LogP contribution in [0.4, 0.5) is 4.39 Å². The van der Waals surface area contributed by atoms with Crippen LogP contribution in [0.2, 0.25) is 0 Å². The maximum atomic E-state index is 13.3. The molecule has 0 N–H and O–H groups in total. The Labute approximate surface area is 77.9 Å². The molecule has 0 spiro atoms. The van der Waals surface area contributed by atoms with Crippen molar-refractivity contribution in [1.29, 1.82) is 0 Å². The average Bonchev–Trinajstić information content (AvgIpc) is 2.08. The smallest absolute Gasteiger partial charge is 0.131 e. The predicted molar refractivity (Wildman–Crippen MR) is 49.8 cm³/mol. The summed E-state index contributed by atoms with van der Waals surface area (Å²) < 4.78 is 18.1. The van der Waals surface area contributed by atoms with E-state index in [2.05, 4.69) is 7.05 Å². The highest BCUT2D eigenvalue weighted by atomic mass is 19.1. The van der Waals surface area contributed by atoms with Crippen LogP contribution in [0.1, 0.15) is 5.56 Å². The molecule has 0 radical (unpaired) electrons. The van der Waals surface area contributed by atoms with Crippen LogP contribution in [0.25, 0.3) is 0 Å². The van der Waals surface area contributed by atoms with E-state index in [0.29, 0.717) is 17.9 Å². The van der Waals surface area contributed by atoms with Crippen molar-refractivity contribution in [3.8, 4) is 5.75 Å². The van der Waals surface area contributed by atoms with Crippen LogP contribution >= 0.6 is 0 Å². The second-order valence-corrected chi connectivity index (χ2v) is 2.97. The molecule has 0 saturated carbocycles. The van der Waals surface area contributed by atoms with Gasteiger partial charge in [0.15, 0.2) is 0 Å². The molecule has 0 aliphatic carbocycles. The van der Waals surface area contributed by atoms with Crippen LogP contribution in [0.3, 0.4) is 0 Å². The largest absolute Gasteiger partial charge is 0.497 e. The van der Waals surface area contributed by atoms with Crippen LogP contribution in [-0.4, -0.2) is 19.1 Å². The Kier molecular flexibility index (Phi) is 3.25. The quantitative estimate of drug-likeness (QED) is 0.663. The van der Waals surface area contributed by atoms with E-state index in [1.165, 1.54) is 13.2 Å². The molecule has 72 valence electrons. The van der Waals surface area contributed by atoms with E-state index in [1.807, 2.05) is 0 Å². The van der Waals surface area contributed by atoms with Crippen LogP contribution < -0.4 is 4.74 Å². The van der Waals surface area contributed by atoms with Crippen LogP contribution in [-0.2, 0) is 6.54 Å². The standard InChI is InChI=1S/C10H13FNO/c1-12(2)7-8-4-5-9(13-3)6-10(8)11/h4-6H,1,7H2,2-3H3/q-1. The lowest BCUT2D eigenvalue weighted by Gasteiger charge is -2.18. The molecule has 0 aromatic heterocycles. The average molecular weight is 182 g/mol. The zero-order valence-electron chi connectivity index (χ0n) is 7.88. The van der Waals surface area contributed by atoms with E-state index in [-0.39, 0.29) is 5.82 Å². The van der Waals surface area contributed by atoms with Crippen molar-refractivity contribution in [3.63, 3.8) is 0 Å². The van der Waals surface area contributed by atoms with Gasteiger partial charge in [0, 0.05) is 6.07 Å². The number of rotatable bonds is 3. The number of nitrogens with zero attached hydrogens (tertiary/aromatic N) is 1. The fraction of sp³-hybridized carbons (Fsp3) is 0.300. The molecule has 13 heavy (non-hydrogen) atoms. The molecule has 1 rings (SSSR count). The second kappa shape index (κ2) is 4.23. The minimum atomic E-state index is -0.255. The highest BCUT2D eigenvalue weighted by molar-refractivity contribution is 5.28. The van der Waals surface area contributed by atoms with Crippen molar-refractivity contribution >= 4 is 0 Å². The Hall–Kier alpha value is -1.09. The number of hydrogen-bond acceptors (Lipinski definition) is 2. The molecule has 1 aromatic rings. The summed E-state index contributed by atoms with van der Waals surface area (Å²) in [7, 11) is 6.96. The third-order valence-corrected chi connectivity index (χ3v) is 1.70. The van der Waals surface area contributed by atoms with E-state index in [9.17, 15) is 4.39 Å². The van der Waals surface area contributed by atoms with Gasteiger partial charge in [-0.15, -0.1) is 0 Å². The fourth-order valence-electron chi connectivity index (χ4n) is 1.07. The summed E-state index contributed by atoms with van der Waals surface area (Å²) in [6.45, 7) is 0.496. The number of hydrogen-bond donors (Lipinski definition) is 0. The fourth-order valence-corrected chi connectivity index (χ4v) is 1.07. The summed E-state index contributed by atoms with van der Waals surface area (Å²) in [4.78, 5) is 1.67. The number of benzene rings is 1. The van der Waals surface area contributed by atoms with Gasteiger partial charge in [0.1, 0.15) is 11.6 Å². The third-order valence-electron chi connectivity index (χ3n) is 1.70. The number of halogens is 1. The van der Waals surface area contributed by atoms with E-state index >= 15 is 0 Å². The second-order valence-electron chi connectivity index (χ2n) is 2.97. The lowest BCUT2D eigenvalue weighted by molar-refractivity contribution is 0.405. The molecule has 0 bridgehead atoms. The Morgan fingerprint density at radius 1 is 1.54 bits per heavy atom. The van der Waals surface area contributed by atoms with Crippen LogP contribution in [0, 0.1) is 12.9 Å². The van der Waals surface area contributed by atoms with E-state index in [1.54, 1.807) is 24.1 Å². The summed E-state index contributed by atoms with van der Waals surface area (Å²) in [5.41, 5.74) is 0.623. The third kappa shape index (κ3) is 2.70. The maximum absolute atomic E-state index is 13.3. The molecule has 0 aliphatic heterocycles. The van der Waals surface area contributed by atoms with E-state index in [0.717, 1.165) is 0 Å². The summed E-state index contributed by atoms with van der Waals surface area (Å²) in [6.07, 6.45) is 0. The zero-order chi connectivity index (χ0) is 9.84. The van der Waals surface area contributed by atoms with Gasteiger partial charge in [0.25, 0.3) is 0 Å². The molecule has 0 unspecified atom stereocenters. The number of methoxy groups -OCH3 is 1. The van der Waals surface area contributed by atoms with E-state index in [4.69, 9.17) is 4.74 Å². The molecule has 0 amide bonds.